The number of benzene rings is 2. The molecule has 1 aliphatic heterocycles. The molecule has 1 saturated heterocycles. The zero-order valence-corrected chi connectivity index (χ0v) is 16.9. The predicted molar refractivity (Wildman–Crippen MR) is 109 cm³/mol. The van der Waals surface area contributed by atoms with Crippen LogP contribution in [0.2, 0.25) is 0 Å². The molecule has 1 aliphatic rings. The van der Waals surface area contributed by atoms with Crippen LogP contribution < -0.4 is 9.47 Å². The summed E-state index contributed by atoms with van der Waals surface area (Å²) < 4.78 is 11.4. The van der Waals surface area contributed by atoms with Gasteiger partial charge in [-0.3, -0.25) is 9.69 Å². The molecule has 0 radical (unpaired) electrons. The molecule has 0 aliphatic carbocycles. The van der Waals surface area contributed by atoms with E-state index in [2.05, 4.69) is 20.9 Å². The van der Waals surface area contributed by atoms with E-state index in [4.69, 9.17) is 9.47 Å². The number of rotatable bonds is 4. The molecule has 134 valence electrons. The molecule has 0 unspecified atom stereocenters. The molecule has 1 heterocycles. The van der Waals surface area contributed by atoms with Crippen molar-refractivity contribution in [2.24, 2.45) is 4.99 Å². The number of nitrogens with zero attached hydrogens (tertiary/aromatic N) is 2. The topological polar surface area (TPSA) is 51.1 Å². The maximum atomic E-state index is 12.6. The molecule has 2 aromatic rings. The van der Waals surface area contributed by atoms with Crippen molar-refractivity contribution in [2.45, 2.75) is 0 Å². The van der Waals surface area contributed by atoms with Crippen molar-refractivity contribution in [3.8, 4) is 11.5 Å². The molecule has 1 fully saturated rings. The first kappa shape index (κ1) is 18.5. The monoisotopic (exact) mass is 432 g/mol. The van der Waals surface area contributed by atoms with Gasteiger partial charge in [-0.25, -0.2) is 4.99 Å². The predicted octanol–water partition coefficient (Wildman–Crippen LogP) is 4.70. The van der Waals surface area contributed by atoms with Crippen LogP contribution >= 0.6 is 27.7 Å². The second-order valence-electron chi connectivity index (χ2n) is 5.45. The maximum absolute atomic E-state index is 12.6. The highest BCUT2D eigenvalue weighted by molar-refractivity contribution is 9.10. The van der Waals surface area contributed by atoms with Gasteiger partial charge in [-0.2, -0.15) is 0 Å². The number of amides is 1. The Bertz CT molecular complexity index is 894. The van der Waals surface area contributed by atoms with Gasteiger partial charge in [-0.1, -0.05) is 15.9 Å². The number of halogens is 1. The fourth-order valence-electron chi connectivity index (χ4n) is 2.38. The van der Waals surface area contributed by atoms with Crippen molar-refractivity contribution < 1.29 is 14.3 Å². The summed E-state index contributed by atoms with van der Waals surface area (Å²) in [5.41, 5.74) is 1.59. The van der Waals surface area contributed by atoms with Crippen molar-refractivity contribution in [3.05, 3.63) is 57.4 Å². The van der Waals surface area contributed by atoms with E-state index in [-0.39, 0.29) is 5.91 Å². The highest BCUT2D eigenvalue weighted by atomic mass is 79.9. The number of methoxy groups -OCH3 is 2. The van der Waals surface area contributed by atoms with Crippen molar-refractivity contribution >= 4 is 50.5 Å². The SMILES string of the molecule is COc1ccc(N=C2SC(=Cc3cc(Br)ccc3OC)C(=O)N2C)cc1. The number of hydrogen-bond acceptors (Lipinski definition) is 5. The summed E-state index contributed by atoms with van der Waals surface area (Å²) in [4.78, 5) is 19.3. The van der Waals surface area contributed by atoms with Gasteiger partial charge in [0.05, 0.1) is 24.8 Å². The number of carbonyl (C=O) groups is 1. The molecule has 1 amide bonds. The van der Waals surface area contributed by atoms with Crippen LogP contribution in [0.1, 0.15) is 5.56 Å². The number of hydrogen-bond donors (Lipinski definition) is 0. The normalized spacial score (nSPS) is 17.2. The summed E-state index contributed by atoms with van der Waals surface area (Å²) in [6.45, 7) is 0. The third-order valence-electron chi connectivity index (χ3n) is 3.78. The first-order valence-electron chi connectivity index (χ1n) is 7.75. The van der Waals surface area contributed by atoms with Crippen molar-refractivity contribution in [1.29, 1.82) is 0 Å². The second kappa shape index (κ2) is 7.97. The smallest absolute Gasteiger partial charge is 0.266 e. The van der Waals surface area contributed by atoms with Gasteiger partial charge in [-0.15, -0.1) is 0 Å². The Labute approximate surface area is 164 Å². The van der Waals surface area contributed by atoms with Gasteiger partial charge in [0.2, 0.25) is 0 Å². The Morgan fingerprint density at radius 3 is 2.50 bits per heavy atom. The zero-order chi connectivity index (χ0) is 18.7. The quantitative estimate of drug-likeness (QED) is 0.656. The Kier molecular flexibility index (Phi) is 5.68. The Hall–Kier alpha value is -2.25. The van der Waals surface area contributed by atoms with E-state index in [9.17, 15) is 4.79 Å². The average Bonchev–Trinajstić information content (AvgIpc) is 2.90. The van der Waals surface area contributed by atoms with Gasteiger partial charge in [0.1, 0.15) is 11.5 Å². The molecule has 7 heteroatoms. The molecule has 0 spiro atoms. The Balaban J connectivity index is 1.91. The van der Waals surface area contributed by atoms with Crippen LogP contribution in [-0.4, -0.2) is 37.2 Å². The van der Waals surface area contributed by atoms with E-state index in [1.807, 2.05) is 48.5 Å². The van der Waals surface area contributed by atoms with Crippen molar-refractivity contribution in [3.63, 3.8) is 0 Å². The third-order valence-corrected chi connectivity index (χ3v) is 5.33. The lowest BCUT2D eigenvalue weighted by Crippen LogP contribution is -2.23. The minimum absolute atomic E-state index is 0.0932. The fourth-order valence-corrected chi connectivity index (χ4v) is 3.73. The molecule has 0 atom stereocenters. The maximum Gasteiger partial charge on any atom is 0.266 e. The van der Waals surface area contributed by atoms with E-state index in [1.54, 1.807) is 26.2 Å². The summed E-state index contributed by atoms with van der Waals surface area (Å²) in [7, 11) is 4.95. The standard InChI is InChI=1S/C19H17BrN2O3S/c1-22-18(23)17(11-12-10-13(20)4-9-16(12)25-3)26-19(22)21-14-5-7-15(24-2)8-6-14/h4-11H,1-3H3. The zero-order valence-electron chi connectivity index (χ0n) is 14.5. The molecule has 0 aromatic heterocycles. The minimum atomic E-state index is -0.0932. The van der Waals surface area contributed by atoms with Crippen LogP contribution in [0.25, 0.3) is 6.08 Å². The van der Waals surface area contributed by atoms with Crippen LogP contribution in [0.3, 0.4) is 0 Å². The molecule has 0 saturated carbocycles. The number of aliphatic imine (C=N–C) groups is 1. The number of ether oxygens (including phenoxy) is 2. The lowest BCUT2D eigenvalue weighted by molar-refractivity contribution is -0.121. The lowest BCUT2D eigenvalue weighted by atomic mass is 10.2. The van der Waals surface area contributed by atoms with Crippen LogP contribution in [0, 0.1) is 0 Å². The van der Waals surface area contributed by atoms with Gasteiger partial charge < -0.3 is 9.47 Å². The number of amidine groups is 1. The first-order chi connectivity index (χ1) is 12.5. The number of thioether (sulfide) groups is 1. The van der Waals surface area contributed by atoms with E-state index in [0.717, 1.165) is 21.5 Å². The van der Waals surface area contributed by atoms with E-state index < -0.39 is 0 Å². The molecule has 5 nitrogen and oxygen atoms in total. The van der Waals surface area contributed by atoms with E-state index in [1.165, 1.54) is 11.8 Å². The largest absolute Gasteiger partial charge is 0.497 e. The summed E-state index contributed by atoms with van der Waals surface area (Å²) in [6.07, 6.45) is 1.82. The Morgan fingerprint density at radius 2 is 1.85 bits per heavy atom. The van der Waals surface area contributed by atoms with E-state index in [0.29, 0.717) is 15.8 Å². The summed E-state index contributed by atoms with van der Waals surface area (Å²) in [6, 6.07) is 13.0. The fraction of sp³-hybridized carbons (Fsp3) is 0.158. The molecular formula is C19H17BrN2O3S. The molecule has 3 rings (SSSR count). The van der Waals surface area contributed by atoms with Gasteiger partial charge in [-0.05, 0) is 60.3 Å². The molecule has 26 heavy (non-hydrogen) atoms. The minimum Gasteiger partial charge on any atom is -0.497 e. The first-order valence-corrected chi connectivity index (χ1v) is 9.36. The van der Waals surface area contributed by atoms with Gasteiger partial charge >= 0.3 is 0 Å². The highest BCUT2D eigenvalue weighted by Gasteiger charge is 2.30. The van der Waals surface area contributed by atoms with Gasteiger partial charge in [0.25, 0.3) is 5.91 Å². The van der Waals surface area contributed by atoms with Crippen molar-refractivity contribution in [2.75, 3.05) is 21.3 Å². The summed E-state index contributed by atoms with van der Waals surface area (Å²) >= 11 is 4.79. The lowest BCUT2D eigenvalue weighted by Gasteiger charge is -2.07. The number of likely N-dealkylation sites (N-methyl/N-ethyl adjacent to an activating group) is 1. The molecule has 0 N–H and O–H groups in total. The second-order valence-corrected chi connectivity index (χ2v) is 7.38. The molecular weight excluding hydrogens is 416 g/mol. The highest BCUT2D eigenvalue weighted by Crippen LogP contribution is 2.35. The number of carbonyl (C=O) groups excluding carboxylic acids is 1. The summed E-state index contributed by atoms with van der Waals surface area (Å²) in [5, 5.41) is 0.625. The Morgan fingerprint density at radius 1 is 1.12 bits per heavy atom. The summed E-state index contributed by atoms with van der Waals surface area (Å²) in [5.74, 6) is 1.38. The van der Waals surface area contributed by atoms with E-state index >= 15 is 0 Å². The van der Waals surface area contributed by atoms with Crippen LogP contribution in [0.15, 0.2) is 56.8 Å². The van der Waals surface area contributed by atoms with Crippen molar-refractivity contribution in [1.82, 2.24) is 4.90 Å². The molecule has 0 bridgehead atoms. The average molecular weight is 433 g/mol. The van der Waals surface area contributed by atoms with Crippen LogP contribution in [-0.2, 0) is 4.79 Å². The van der Waals surface area contributed by atoms with Gasteiger partial charge in [0, 0.05) is 17.1 Å². The van der Waals surface area contributed by atoms with Crippen LogP contribution in [0.4, 0.5) is 5.69 Å². The third kappa shape index (κ3) is 3.94. The van der Waals surface area contributed by atoms with Crippen LogP contribution in [0.5, 0.6) is 11.5 Å². The molecule has 2 aromatic carbocycles. The van der Waals surface area contributed by atoms with Gasteiger partial charge in [0.15, 0.2) is 5.17 Å².